The molecular formula is C29H39N7OSi. The Bertz CT molecular complexity index is 1370. The van der Waals surface area contributed by atoms with Crippen LogP contribution in [0.15, 0.2) is 60.9 Å². The van der Waals surface area contributed by atoms with Gasteiger partial charge in [0.25, 0.3) is 0 Å². The van der Waals surface area contributed by atoms with Crippen molar-refractivity contribution in [2.24, 2.45) is 0 Å². The Morgan fingerprint density at radius 1 is 0.974 bits per heavy atom. The highest BCUT2D eigenvalue weighted by atomic mass is 28.3. The van der Waals surface area contributed by atoms with E-state index in [0.29, 0.717) is 12.4 Å². The zero-order chi connectivity index (χ0) is 26.7. The first-order chi connectivity index (χ1) is 18.3. The lowest BCUT2D eigenvalue weighted by molar-refractivity contribution is 0.0909. The average molecular weight is 530 g/mol. The second-order valence-corrected chi connectivity index (χ2v) is 17.0. The largest absolute Gasteiger partial charge is 0.399 e. The standard InChI is InChI=1S/C29H39N7OSi/c1-34-12-14-35(15-13-34)25-10-8-22(9-11-25)27-19-26-28(33-24-7-5-6-23(30)18-24)31-20-32-29(26)36(27)21-37-16-17-38(2,3)4/h5-11,18-20H,12-17,21,30H2,1-4H3,(H,31,32,33). The number of piperazine rings is 1. The fraction of sp³-hybridized carbons (Fsp3) is 0.379. The molecule has 1 aliphatic rings. The molecule has 0 spiro atoms. The van der Waals surface area contributed by atoms with E-state index in [0.717, 1.165) is 72.6 Å². The highest BCUT2D eigenvalue weighted by molar-refractivity contribution is 6.76. The van der Waals surface area contributed by atoms with Gasteiger partial charge in [-0.05, 0) is 55.1 Å². The SMILES string of the molecule is CN1CCN(c2ccc(-c3cc4c(Nc5cccc(N)c5)ncnc4n3COCC[Si](C)(C)C)cc2)CC1. The van der Waals surface area contributed by atoms with Crippen molar-refractivity contribution < 1.29 is 4.74 Å². The molecule has 3 N–H and O–H groups in total. The number of anilines is 4. The monoisotopic (exact) mass is 529 g/mol. The lowest BCUT2D eigenvalue weighted by atomic mass is 10.1. The van der Waals surface area contributed by atoms with Crippen molar-refractivity contribution >= 4 is 42.0 Å². The summed E-state index contributed by atoms with van der Waals surface area (Å²) in [6, 6.07) is 19.9. The van der Waals surface area contributed by atoms with Crippen LogP contribution in [-0.2, 0) is 11.5 Å². The van der Waals surface area contributed by atoms with Gasteiger partial charge in [-0.15, -0.1) is 0 Å². The van der Waals surface area contributed by atoms with Crippen LogP contribution in [-0.4, -0.2) is 67.3 Å². The number of ether oxygens (including phenoxy) is 1. The van der Waals surface area contributed by atoms with E-state index in [4.69, 9.17) is 10.5 Å². The van der Waals surface area contributed by atoms with Crippen molar-refractivity contribution in [2.45, 2.75) is 32.4 Å². The fourth-order valence-corrected chi connectivity index (χ4v) is 5.48. The zero-order valence-electron chi connectivity index (χ0n) is 22.9. The predicted molar refractivity (Wildman–Crippen MR) is 161 cm³/mol. The summed E-state index contributed by atoms with van der Waals surface area (Å²) in [5.74, 6) is 0.747. The maximum absolute atomic E-state index is 6.21. The third kappa shape index (κ3) is 6.17. The molecule has 2 aromatic carbocycles. The van der Waals surface area contributed by atoms with Crippen molar-refractivity contribution in [3.63, 3.8) is 0 Å². The van der Waals surface area contributed by atoms with E-state index in [9.17, 15) is 0 Å². The number of nitrogens with two attached hydrogens (primary N) is 1. The number of hydrogen-bond donors (Lipinski definition) is 2. The Morgan fingerprint density at radius 3 is 2.45 bits per heavy atom. The summed E-state index contributed by atoms with van der Waals surface area (Å²) in [5.41, 5.74) is 11.9. The third-order valence-corrected chi connectivity index (χ3v) is 8.79. The van der Waals surface area contributed by atoms with Gasteiger partial charge in [-0.25, -0.2) is 9.97 Å². The third-order valence-electron chi connectivity index (χ3n) is 7.09. The molecule has 0 bridgehead atoms. The molecule has 3 heterocycles. The van der Waals surface area contributed by atoms with E-state index >= 15 is 0 Å². The highest BCUT2D eigenvalue weighted by Gasteiger charge is 2.19. The van der Waals surface area contributed by atoms with Crippen LogP contribution in [0.5, 0.6) is 0 Å². The summed E-state index contributed by atoms with van der Waals surface area (Å²) in [6.07, 6.45) is 1.61. The number of hydrogen-bond acceptors (Lipinski definition) is 7. The molecule has 2 aromatic heterocycles. The summed E-state index contributed by atoms with van der Waals surface area (Å²) in [5, 5.41) is 4.38. The van der Waals surface area contributed by atoms with Crippen LogP contribution in [0.2, 0.25) is 25.7 Å². The number of nitrogens with zero attached hydrogens (tertiary/aromatic N) is 5. The van der Waals surface area contributed by atoms with Gasteiger partial charge in [0, 0.05) is 57.9 Å². The van der Waals surface area contributed by atoms with Crippen molar-refractivity contribution in [1.29, 1.82) is 0 Å². The van der Waals surface area contributed by atoms with Crippen LogP contribution in [0, 0.1) is 0 Å². The summed E-state index contributed by atoms with van der Waals surface area (Å²) in [7, 11) is 1.00. The molecule has 5 rings (SSSR count). The molecule has 0 amide bonds. The number of nitrogen functional groups attached to an aromatic ring is 1. The molecule has 0 radical (unpaired) electrons. The summed E-state index contributed by atoms with van der Waals surface area (Å²) in [6.45, 7) is 12.6. The normalized spacial score (nSPS) is 14.8. The Labute approximate surface area is 226 Å². The van der Waals surface area contributed by atoms with Crippen LogP contribution < -0.4 is 16.0 Å². The van der Waals surface area contributed by atoms with E-state index in [-0.39, 0.29) is 0 Å². The minimum absolute atomic E-state index is 0.443. The zero-order valence-corrected chi connectivity index (χ0v) is 23.9. The van der Waals surface area contributed by atoms with Crippen molar-refractivity contribution in [1.82, 2.24) is 19.4 Å². The smallest absolute Gasteiger partial charge is 0.147 e. The highest BCUT2D eigenvalue weighted by Crippen LogP contribution is 2.33. The number of benzene rings is 2. The molecule has 0 unspecified atom stereocenters. The van der Waals surface area contributed by atoms with E-state index in [1.54, 1.807) is 6.33 Å². The molecule has 1 fully saturated rings. The van der Waals surface area contributed by atoms with Gasteiger partial charge in [-0.3, -0.25) is 0 Å². The van der Waals surface area contributed by atoms with E-state index < -0.39 is 8.07 Å². The van der Waals surface area contributed by atoms with Crippen LogP contribution in [0.3, 0.4) is 0 Å². The van der Waals surface area contributed by atoms with E-state index in [1.807, 2.05) is 24.3 Å². The second-order valence-electron chi connectivity index (χ2n) is 11.4. The predicted octanol–water partition coefficient (Wildman–Crippen LogP) is 5.49. The molecule has 0 atom stereocenters. The maximum atomic E-state index is 6.21. The Kier molecular flexibility index (Phi) is 7.69. The van der Waals surface area contributed by atoms with Gasteiger partial charge in [-0.2, -0.15) is 0 Å². The molecule has 0 saturated carbocycles. The first-order valence-electron chi connectivity index (χ1n) is 13.4. The molecule has 0 aliphatic carbocycles. The number of nitrogens with one attached hydrogen (secondary N) is 1. The lowest BCUT2D eigenvalue weighted by Crippen LogP contribution is -2.44. The number of rotatable bonds is 9. The van der Waals surface area contributed by atoms with Crippen LogP contribution >= 0.6 is 0 Å². The Hall–Kier alpha value is -3.40. The molecule has 1 aliphatic heterocycles. The molecule has 9 heteroatoms. The van der Waals surface area contributed by atoms with Crippen molar-refractivity contribution in [3.8, 4) is 11.3 Å². The molecule has 1 saturated heterocycles. The van der Waals surface area contributed by atoms with Crippen molar-refractivity contribution in [2.75, 3.05) is 55.8 Å². The van der Waals surface area contributed by atoms with Crippen LogP contribution in [0.4, 0.5) is 22.9 Å². The quantitative estimate of drug-likeness (QED) is 0.169. The maximum Gasteiger partial charge on any atom is 0.147 e. The van der Waals surface area contributed by atoms with Gasteiger partial charge >= 0.3 is 0 Å². The minimum atomic E-state index is -1.18. The summed E-state index contributed by atoms with van der Waals surface area (Å²) < 4.78 is 8.38. The molecular weight excluding hydrogens is 490 g/mol. The molecule has 200 valence electrons. The first-order valence-corrected chi connectivity index (χ1v) is 17.1. The van der Waals surface area contributed by atoms with Crippen LogP contribution in [0.25, 0.3) is 22.3 Å². The number of fused-ring (bicyclic) bond motifs is 1. The average Bonchev–Trinajstić information content (AvgIpc) is 3.26. The van der Waals surface area contributed by atoms with Gasteiger partial charge in [0.1, 0.15) is 24.5 Å². The van der Waals surface area contributed by atoms with E-state index in [1.165, 1.54) is 5.69 Å². The number of aromatic nitrogens is 3. The van der Waals surface area contributed by atoms with Gasteiger partial charge in [0.2, 0.25) is 0 Å². The summed E-state index contributed by atoms with van der Waals surface area (Å²) in [4.78, 5) is 14.1. The molecule has 4 aromatic rings. The Morgan fingerprint density at radius 2 is 1.74 bits per heavy atom. The molecule has 8 nitrogen and oxygen atoms in total. The van der Waals surface area contributed by atoms with Crippen molar-refractivity contribution in [3.05, 3.63) is 60.9 Å². The van der Waals surface area contributed by atoms with E-state index in [2.05, 4.69) is 86.7 Å². The number of likely N-dealkylation sites (N-methyl/N-ethyl adjacent to an activating group) is 1. The first kappa shape index (κ1) is 26.2. The van der Waals surface area contributed by atoms with Crippen LogP contribution in [0.1, 0.15) is 0 Å². The lowest BCUT2D eigenvalue weighted by Gasteiger charge is -2.34. The summed E-state index contributed by atoms with van der Waals surface area (Å²) >= 11 is 0. The van der Waals surface area contributed by atoms with Gasteiger partial charge < -0.3 is 30.2 Å². The topological polar surface area (TPSA) is 84.5 Å². The second kappa shape index (κ2) is 11.1. The Balaban J connectivity index is 1.47. The minimum Gasteiger partial charge on any atom is -0.399 e. The van der Waals surface area contributed by atoms with Gasteiger partial charge in [-0.1, -0.05) is 37.8 Å². The van der Waals surface area contributed by atoms with Gasteiger partial charge in [0.05, 0.1) is 11.1 Å². The molecule has 38 heavy (non-hydrogen) atoms. The fourth-order valence-electron chi connectivity index (χ4n) is 4.73. The van der Waals surface area contributed by atoms with Gasteiger partial charge in [0.15, 0.2) is 0 Å².